The first-order valence-electron chi connectivity index (χ1n) is 6.06. The molecule has 0 radical (unpaired) electrons. The van der Waals surface area contributed by atoms with Gasteiger partial charge in [0.25, 0.3) is 0 Å². The molecule has 6 N–H and O–H groups in total. The zero-order valence-corrected chi connectivity index (χ0v) is 11.1. The second-order valence-electron chi connectivity index (χ2n) is 4.32. The number of primary amides is 2. The van der Waals surface area contributed by atoms with Crippen LogP contribution in [-0.4, -0.2) is 28.8 Å². The molecule has 0 aliphatic rings. The second kappa shape index (κ2) is 7.04. The van der Waals surface area contributed by atoms with Crippen molar-refractivity contribution in [2.45, 2.75) is 19.3 Å². The molecule has 0 aliphatic carbocycles. The number of rotatable bonds is 7. The van der Waals surface area contributed by atoms with Crippen molar-refractivity contribution in [3.05, 3.63) is 29.3 Å². The summed E-state index contributed by atoms with van der Waals surface area (Å²) < 4.78 is 0. The summed E-state index contributed by atoms with van der Waals surface area (Å²) in [5, 5.41) is 10.9. The van der Waals surface area contributed by atoms with E-state index in [0.717, 1.165) is 0 Å². The van der Waals surface area contributed by atoms with Crippen LogP contribution in [0.4, 0.5) is 5.69 Å². The normalized spacial score (nSPS) is 9.90. The van der Waals surface area contributed by atoms with Gasteiger partial charge in [0, 0.05) is 29.7 Å². The maximum Gasteiger partial charge on any atom is 0.303 e. The van der Waals surface area contributed by atoms with Gasteiger partial charge >= 0.3 is 5.97 Å². The second-order valence-corrected chi connectivity index (χ2v) is 4.32. The SMILES string of the molecule is NC(=O)c1cc(NC(=O)CCCC(=O)O)cc(C(N)=O)c1. The third kappa shape index (κ3) is 5.31. The molecule has 0 saturated carbocycles. The first kappa shape index (κ1) is 16.2. The van der Waals surface area contributed by atoms with Crippen LogP contribution in [0.3, 0.4) is 0 Å². The van der Waals surface area contributed by atoms with Crippen LogP contribution in [0.15, 0.2) is 18.2 Å². The Morgan fingerprint density at radius 1 is 0.952 bits per heavy atom. The van der Waals surface area contributed by atoms with Crippen molar-refractivity contribution >= 4 is 29.4 Å². The fourth-order valence-corrected chi connectivity index (χ4v) is 1.61. The van der Waals surface area contributed by atoms with Crippen molar-refractivity contribution in [2.75, 3.05) is 5.32 Å². The lowest BCUT2D eigenvalue weighted by Gasteiger charge is -2.08. The molecule has 112 valence electrons. The maximum atomic E-state index is 11.6. The van der Waals surface area contributed by atoms with E-state index in [0.29, 0.717) is 0 Å². The average Bonchev–Trinajstić information content (AvgIpc) is 2.37. The quantitative estimate of drug-likeness (QED) is 0.560. The van der Waals surface area contributed by atoms with Crippen LogP contribution in [0.1, 0.15) is 40.0 Å². The highest BCUT2D eigenvalue weighted by atomic mass is 16.4. The van der Waals surface area contributed by atoms with Gasteiger partial charge in [0.05, 0.1) is 0 Å². The number of carboxylic acid groups (broad SMARTS) is 1. The monoisotopic (exact) mass is 293 g/mol. The van der Waals surface area contributed by atoms with E-state index in [-0.39, 0.29) is 36.1 Å². The number of anilines is 1. The Kier molecular flexibility index (Phi) is 5.41. The molecule has 1 aromatic rings. The van der Waals surface area contributed by atoms with E-state index >= 15 is 0 Å². The highest BCUT2D eigenvalue weighted by Gasteiger charge is 2.11. The van der Waals surface area contributed by atoms with Gasteiger partial charge in [-0.2, -0.15) is 0 Å². The Morgan fingerprint density at radius 3 is 1.90 bits per heavy atom. The highest BCUT2D eigenvalue weighted by molar-refractivity contribution is 6.01. The minimum absolute atomic E-state index is 0.000988. The van der Waals surface area contributed by atoms with Crippen molar-refractivity contribution in [1.82, 2.24) is 0 Å². The van der Waals surface area contributed by atoms with Crippen molar-refractivity contribution in [3.8, 4) is 0 Å². The van der Waals surface area contributed by atoms with Crippen LogP contribution in [-0.2, 0) is 9.59 Å². The van der Waals surface area contributed by atoms with E-state index in [2.05, 4.69) is 5.32 Å². The van der Waals surface area contributed by atoms with Crippen molar-refractivity contribution < 1.29 is 24.3 Å². The molecule has 0 spiro atoms. The lowest BCUT2D eigenvalue weighted by Crippen LogP contribution is -2.18. The van der Waals surface area contributed by atoms with Gasteiger partial charge in [-0.15, -0.1) is 0 Å². The number of carbonyl (C=O) groups is 4. The van der Waals surface area contributed by atoms with Crippen molar-refractivity contribution in [3.63, 3.8) is 0 Å². The Labute approximate surface area is 120 Å². The summed E-state index contributed by atoms with van der Waals surface area (Å²) in [5.41, 5.74) is 10.5. The maximum absolute atomic E-state index is 11.6. The highest BCUT2D eigenvalue weighted by Crippen LogP contribution is 2.15. The minimum Gasteiger partial charge on any atom is -0.481 e. The van der Waals surface area contributed by atoms with E-state index in [4.69, 9.17) is 16.6 Å². The number of hydrogen-bond donors (Lipinski definition) is 4. The Hall–Kier alpha value is -2.90. The summed E-state index contributed by atoms with van der Waals surface area (Å²) in [6.07, 6.45) is 0.0552. The van der Waals surface area contributed by atoms with Gasteiger partial charge in [-0.3, -0.25) is 19.2 Å². The molecule has 0 bridgehead atoms. The number of amides is 3. The number of carbonyl (C=O) groups excluding carboxylic acids is 3. The Bertz CT molecular complexity index is 565. The largest absolute Gasteiger partial charge is 0.481 e. The van der Waals surface area contributed by atoms with Crippen LogP contribution < -0.4 is 16.8 Å². The molecule has 8 heteroatoms. The standard InChI is InChI=1S/C13H15N3O5/c14-12(20)7-4-8(13(15)21)6-9(5-7)16-10(17)2-1-3-11(18)19/h4-6H,1-3H2,(H2,14,20)(H2,15,21)(H,16,17)(H,18,19). The molecule has 8 nitrogen and oxygen atoms in total. The molecule has 21 heavy (non-hydrogen) atoms. The molecular formula is C13H15N3O5. The van der Waals surface area contributed by atoms with Gasteiger partial charge in [-0.05, 0) is 24.6 Å². The van der Waals surface area contributed by atoms with Crippen LogP contribution in [0.2, 0.25) is 0 Å². The molecule has 3 amide bonds. The van der Waals surface area contributed by atoms with Gasteiger partial charge in [-0.1, -0.05) is 0 Å². The minimum atomic E-state index is -0.991. The summed E-state index contributed by atoms with van der Waals surface area (Å²) in [4.78, 5) is 44.3. The van der Waals surface area contributed by atoms with Gasteiger partial charge in [0.2, 0.25) is 17.7 Å². The van der Waals surface area contributed by atoms with Crippen LogP contribution in [0.25, 0.3) is 0 Å². The van der Waals surface area contributed by atoms with E-state index in [9.17, 15) is 19.2 Å². The summed E-state index contributed by atoms with van der Waals surface area (Å²) >= 11 is 0. The average molecular weight is 293 g/mol. The summed E-state index contributed by atoms with van der Waals surface area (Å²) in [5.74, 6) is -2.96. The number of hydrogen-bond acceptors (Lipinski definition) is 4. The summed E-state index contributed by atoms with van der Waals surface area (Å²) in [6.45, 7) is 0. The third-order valence-corrected chi connectivity index (χ3v) is 2.58. The first-order valence-corrected chi connectivity index (χ1v) is 6.06. The third-order valence-electron chi connectivity index (χ3n) is 2.58. The van der Waals surface area contributed by atoms with Gasteiger partial charge < -0.3 is 21.9 Å². The lowest BCUT2D eigenvalue weighted by molar-refractivity contribution is -0.137. The number of aliphatic carboxylic acids is 1. The van der Waals surface area contributed by atoms with Crippen molar-refractivity contribution in [2.24, 2.45) is 11.5 Å². The first-order chi connectivity index (χ1) is 9.79. The van der Waals surface area contributed by atoms with E-state index < -0.39 is 23.7 Å². The van der Waals surface area contributed by atoms with Gasteiger partial charge in [0.15, 0.2) is 0 Å². The van der Waals surface area contributed by atoms with Gasteiger partial charge in [-0.25, -0.2) is 0 Å². The number of nitrogens with two attached hydrogens (primary N) is 2. The van der Waals surface area contributed by atoms with Gasteiger partial charge in [0.1, 0.15) is 0 Å². The van der Waals surface area contributed by atoms with Crippen LogP contribution in [0, 0.1) is 0 Å². The number of nitrogens with one attached hydrogen (secondary N) is 1. The number of benzene rings is 1. The summed E-state index contributed by atoms with van der Waals surface area (Å²) in [7, 11) is 0. The fraction of sp³-hybridized carbons (Fsp3) is 0.231. The summed E-state index contributed by atoms with van der Waals surface area (Å²) in [6, 6.07) is 3.85. The molecular weight excluding hydrogens is 278 g/mol. The Balaban J connectivity index is 2.82. The van der Waals surface area contributed by atoms with Crippen LogP contribution >= 0.6 is 0 Å². The van der Waals surface area contributed by atoms with E-state index in [1.807, 2.05) is 0 Å². The van der Waals surface area contributed by atoms with E-state index in [1.165, 1.54) is 18.2 Å². The predicted octanol–water partition coefficient (Wildman–Crippen LogP) is 0.0778. The van der Waals surface area contributed by atoms with E-state index in [1.54, 1.807) is 0 Å². The topological polar surface area (TPSA) is 153 Å². The molecule has 0 aliphatic heterocycles. The molecule has 1 aromatic carbocycles. The lowest BCUT2D eigenvalue weighted by atomic mass is 10.1. The van der Waals surface area contributed by atoms with Crippen molar-refractivity contribution in [1.29, 1.82) is 0 Å². The molecule has 0 atom stereocenters. The van der Waals surface area contributed by atoms with Crippen LogP contribution in [0.5, 0.6) is 0 Å². The molecule has 0 fully saturated rings. The molecule has 1 rings (SSSR count). The molecule has 0 aromatic heterocycles. The zero-order valence-electron chi connectivity index (χ0n) is 11.1. The Morgan fingerprint density at radius 2 is 1.48 bits per heavy atom. The smallest absolute Gasteiger partial charge is 0.303 e. The number of carboxylic acids is 1. The molecule has 0 unspecified atom stereocenters. The fourth-order valence-electron chi connectivity index (χ4n) is 1.61. The molecule has 0 heterocycles. The molecule has 0 saturated heterocycles. The predicted molar refractivity (Wildman–Crippen MR) is 73.6 cm³/mol. The zero-order chi connectivity index (χ0) is 16.0.